The normalized spacial score (nSPS) is 10.7. The zero-order chi connectivity index (χ0) is 16.3. The van der Waals surface area contributed by atoms with Crippen LogP contribution < -0.4 is 5.73 Å². The smallest absolute Gasteiger partial charge is 0.338 e. The molecule has 1 amide bonds. The molecule has 0 atom stereocenters. The lowest BCUT2D eigenvalue weighted by atomic mass is 10.1. The first-order chi connectivity index (χ1) is 10.4. The highest BCUT2D eigenvalue weighted by molar-refractivity contribution is 5.91. The minimum absolute atomic E-state index is 0.155. The molecule has 1 heterocycles. The number of nitrogens with two attached hydrogens (primary N) is 1. The number of nitrogens with zero attached hydrogens (tertiary/aromatic N) is 3. The minimum Gasteiger partial charge on any atom is -0.459 e. The Bertz CT molecular complexity index is 689. The molecule has 2 N–H and O–H groups in total. The first-order valence-corrected chi connectivity index (χ1v) is 6.88. The largest absolute Gasteiger partial charge is 0.459 e. The van der Waals surface area contributed by atoms with Crippen LogP contribution >= 0.6 is 0 Å². The van der Waals surface area contributed by atoms with Gasteiger partial charge in [-0.3, -0.25) is 4.79 Å². The second kappa shape index (κ2) is 6.38. The van der Waals surface area contributed by atoms with Gasteiger partial charge >= 0.3 is 5.97 Å². The Labute approximate surface area is 128 Å². The van der Waals surface area contributed by atoms with Gasteiger partial charge < -0.3 is 10.5 Å². The van der Waals surface area contributed by atoms with E-state index in [-0.39, 0.29) is 17.8 Å². The van der Waals surface area contributed by atoms with E-state index >= 15 is 0 Å². The summed E-state index contributed by atoms with van der Waals surface area (Å²) in [5.74, 6) is -0.954. The van der Waals surface area contributed by atoms with E-state index in [1.807, 2.05) is 12.1 Å². The maximum atomic E-state index is 11.8. The quantitative estimate of drug-likeness (QED) is 0.839. The Morgan fingerprint density at radius 2 is 1.91 bits per heavy atom. The Morgan fingerprint density at radius 3 is 2.41 bits per heavy atom. The summed E-state index contributed by atoms with van der Waals surface area (Å²) >= 11 is 0. The van der Waals surface area contributed by atoms with E-state index in [4.69, 9.17) is 10.5 Å². The second-order valence-corrected chi connectivity index (χ2v) is 5.20. The third-order valence-corrected chi connectivity index (χ3v) is 3.08. The molecule has 22 heavy (non-hydrogen) atoms. The number of esters is 1. The number of amides is 1. The first-order valence-electron chi connectivity index (χ1n) is 6.88. The molecule has 2 aromatic rings. The molecule has 1 aromatic carbocycles. The summed E-state index contributed by atoms with van der Waals surface area (Å²) in [6.45, 7) is 5.77. The molecule has 0 bridgehead atoms. The molecule has 116 valence electrons. The maximum absolute atomic E-state index is 11.8. The van der Waals surface area contributed by atoms with Gasteiger partial charge in [0.05, 0.1) is 23.9 Å². The van der Waals surface area contributed by atoms with Gasteiger partial charge in [-0.2, -0.15) is 0 Å². The zero-order valence-corrected chi connectivity index (χ0v) is 12.7. The SMILES string of the molecule is Cc1c(C(N)=O)nnn1Cc1ccc(C(=O)OC(C)C)cc1. The van der Waals surface area contributed by atoms with Crippen LogP contribution in [0.5, 0.6) is 0 Å². The summed E-state index contributed by atoms with van der Waals surface area (Å²) in [7, 11) is 0. The van der Waals surface area contributed by atoms with Crippen molar-refractivity contribution in [2.45, 2.75) is 33.4 Å². The van der Waals surface area contributed by atoms with Crippen LogP contribution in [0, 0.1) is 6.92 Å². The third-order valence-electron chi connectivity index (χ3n) is 3.08. The Balaban J connectivity index is 2.12. The van der Waals surface area contributed by atoms with Crippen molar-refractivity contribution in [1.82, 2.24) is 15.0 Å². The molecule has 0 aliphatic rings. The van der Waals surface area contributed by atoms with Gasteiger partial charge in [0, 0.05) is 0 Å². The molecule has 0 saturated carbocycles. The Morgan fingerprint density at radius 1 is 1.27 bits per heavy atom. The summed E-state index contributed by atoms with van der Waals surface area (Å²) in [6.07, 6.45) is -0.155. The van der Waals surface area contributed by atoms with E-state index in [1.165, 1.54) is 0 Å². The molecule has 0 fully saturated rings. The highest BCUT2D eigenvalue weighted by Crippen LogP contribution is 2.10. The highest BCUT2D eigenvalue weighted by Gasteiger charge is 2.14. The van der Waals surface area contributed by atoms with Crippen molar-refractivity contribution < 1.29 is 14.3 Å². The number of hydrogen-bond acceptors (Lipinski definition) is 5. The summed E-state index contributed by atoms with van der Waals surface area (Å²) in [5.41, 5.74) is 7.39. The predicted octanol–water partition coefficient (Wildman–Crippen LogP) is 1.30. The predicted molar refractivity (Wildman–Crippen MR) is 79.4 cm³/mol. The monoisotopic (exact) mass is 302 g/mol. The van der Waals surface area contributed by atoms with Crippen molar-refractivity contribution in [2.24, 2.45) is 5.73 Å². The van der Waals surface area contributed by atoms with Crippen LogP contribution in [0.2, 0.25) is 0 Å². The van der Waals surface area contributed by atoms with Gasteiger partial charge in [-0.15, -0.1) is 5.10 Å². The minimum atomic E-state index is -0.601. The van der Waals surface area contributed by atoms with Crippen molar-refractivity contribution in [3.63, 3.8) is 0 Å². The number of carbonyl (C=O) groups is 2. The zero-order valence-electron chi connectivity index (χ0n) is 12.7. The maximum Gasteiger partial charge on any atom is 0.338 e. The molecule has 0 spiro atoms. The summed E-state index contributed by atoms with van der Waals surface area (Å²) in [6, 6.07) is 7.01. The van der Waals surface area contributed by atoms with E-state index < -0.39 is 5.91 Å². The molecule has 0 aliphatic carbocycles. The molecule has 1 aromatic heterocycles. The first kappa shape index (κ1) is 15.7. The van der Waals surface area contributed by atoms with Crippen molar-refractivity contribution in [3.8, 4) is 0 Å². The second-order valence-electron chi connectivity index (χ2n) is 5.20. The summed E-state index contributed by atoms with van der Waals surface area (Å²) < 4.78 is 6.71. The highest BCUT2D eigenvalue weighted by atomic mass is 16.5. The van der Waals surface area contributed by atoms with E-state index in [0.29, 0.717) is 17.8 Å². The molecule has 0 saturated heterocycles. The molecule has 7 heteroatoms. The topological polar surface area (TPSA) is 100 Å². The van der Waals surface area contributed by atoms with Gasteiger partial charge in [0.2, 0.25) is 0 Å². The van der Waals surface area contributed by atoms with Crippen LogP contribution in [0.3, 0.4) is 0 Å². The number of ether oxygens (including phenoxy) is 1. The van der Waals surface area contributed by atoms with Crippen LogP contribution in [0.15, 0.2) is 24.3 Å². The summed E-state index contributed by atoms with van der Waals surface area (Å²) in [5, 5.41) is 7.66. The number of rotatable bonds is 5. The van der Waals surface area contributed by atoms with Gasteiger partial charge in [-0.1, -0.05) is 17.3 Å². The number of benzene rings is 1. The van der Waals surface area contributed by atoms with Gasteiger partial charge in [0.15, 0.2) is 5.69 Å². The van der Waals surface area contributed by atoms with Gasteiger partial charge in [-0.05, 0) is 38.5 Å². The van der Waals surface area contributed by atoms with E-state index in [9.17, 15) is 9.59 Å². The summed E-state index contributed by atoms with van der Waals surface area (Å²) in [4.78, 5) is 22.9. The average Bonchev–Trinajstić information content (AvgIpc) is 2.80. The lowest BCUT2D eigenvalue weighted by Crippen LogP contribution is -2.14. The molecule has 2 rings (SSSR count). The van der Waals surface area contributed by atoms with Crippen LogP contribution in [0.4, 0.5) is 0 Å². The number of primary amides is 1. The van der Waals surface area contributed by atoms with E-state index in [0.717, 1.165) is 5.56 Å². The standard InChI is InChI=1S/C15H18N4O3/c1-9(2)22-15(21)12-6-4-11(5-7-12)8-19-10(3)13(14(16)20)17-18-19/h4-7,9H,8H2,1-3H3,(H2,16,20). The number of aromatic nitrogens is 3. The fourth-order valence-electron chi connectivity index (χ4n) is 1.94. The lowest BCUT2D eigenvalue weighted by molar-refractivity contribution is 0.0378. The van der Waals surface area contributed by atoms with Crippen LogP contribution in [0.1, 0.15) is 46.0 Å². The van der Waals surface area contributed by atoms with E-state index in [2.05, 4.69) is 10.3 Å². The van der Waals surface area contributed by atoms with E-state index in [1.54, 1.807) is 37.6 Å². The number of hydrogen-bond donors (Lipinski definition) is 1. The lowest BCUT2D eigenvalue weighted by Gasteiger charge is -2.08. The van der Waals surface area contributed by atoms with Gasteiger partial charge in [0.1, 0.15) is 0 Å². The molecular formula is C15H18N4O3. The molecule has 0 radical (unpaired) electrons. The van der Waals surface area contributed by atoms with Crippen LogP contribution in [-0.2, 0) is 11.3 Å². The van der Waals surface area contributed by atoms with Crippen molar-refractivity contribution in [2.75, 3.05) is 0 Å². The van der Waals surface area contributed by atoms with Crippen molar-refractivity contribution in [1.29, 1.82) is 0 Å². The van der Waals surface area contributed by atoms with Gasteiger partial charge in [-0.25, -0.2) is 9.48 Å². The average molecular weight is 302 g/mol. The molecule has 0 aliphatic heterocycles. The Kier molecular flexibility index (Phi) is 4.55. The number of carbonyl (C=O) groups excluding carboxylic acids is 2. The van der Waals surface area contributed by atoms with Crippen LogP contribution in [0.25, 0.3) is 0 Å². The van der Waals surface area contributed by atoms with Crippen molar-refractivity contribution in [3.05, 3.63) is 46.8 Å². The Hall–Kier alpha value is -2.70. The molecular weight excluding hydrogens is 284 g/mol. The van der Waals surface area contributed by atoms with Gasteiger partial charge in [0.25, 0.3) is 5.91 Å². The fraction of sp³-hybridized carbons (Fsp3) is 0.333. The third kappa shape index (κ3) is 3.49. The van der Waals surface area contributed by atoms with Crippen molar-refractivity contribution >= 4 is 11.9 Å². The fourth-order valence-corrected chi connectivity index (χ4v) is 1.94. The molecule has 0 unspecified atom stereocenters. The molecule has 7 nitrogen and oxygen atoms in total. The van der Waals surface area contributed by atoms with Crippen LogP contribution in [-0.4, -0.2) is 33.0 Å².